The molecule has 0 saturated heterocycles. The summed E-state index contributed by atoms with van der Waals surface area (Å²) < 4.78 is 11.4. The van der Waals surface area contributed by atoms with Crippen molar-refractivity contribution in [1.29, 1.82) is 0 Å². The molecule has 0 radical (unpaired) electrons. The van der Waals surface area contributed by atoms with E-state index in [1.807, 2.05) is 19.1 Å². The second-order valence-electron chi connectivity index (χ2n) is 4.83. The highest BCUT2D eigenvalue weighted by atomic mass is 16.5. The number of rotatable bonds is 6. The van der Waals surface area contributed by atoms with Gasteiger partial charge < -0.3 is 15.2 Å². The van der Waals surface area contributed by atoms with Crippen LogP contribution >= 0.6 is 0 Å². The van der Waals surface area contributed by atoms with E-state index in [2.05, 4.69) is 17.0 Å². The minimum Gasteiger partial charge on any atom is -0.492 e. The molecule has 1 aromatic carbocycles. The zero-order chi connectivity index (χ0) is 13.5. The second kappa shape index (κ2) is 7.48. The maximum atomic E-state index is 5.76. The van der Waals surface area contributed by atoms with Crippen molar-refractivity contribution in [3.8, 4) is 5.75 Å². The Labute approximate surface area is 115 Å². The number of benzene rings is 1. The van der Waals surface area contributed by atoms with Crippen molar-refractivity contribution in [3.05, 3.63) is 29.8 Å². The Balaban J connectivity index is 1.88. The van der Waals surface area contributed by atoms with Gasteiger partial charge in [0.25, 0.3) is 0 Å². The molecule has 0 aromatic heterocycles. The Bertz CT molecular complexity index is 384. The zero-order valence-electron chi connectivity index (χ0n) is 11.7. The van der Waals surface area contributed by atoms with Gasteiger partial charge in [-0.2, -0.15) is 0 Å². The van der Waals surface area contributed by atoms with Gasteiger partial charge in [0.2, 0.25) is 0 Å². The van der Waals surface area contributed by atoms with Crippen LogP contribution in [-0.2, 0) is 11.3 Å². The molecular formula is C15H24N2O2. The molecule has 2 rings (SSSR count). The number of fused-ring (bicyclic) bond motifs is 1. The number of nitrogens with zero attached hydrogens (tertiary/aromatic N) is 1. The van der Waals surface area contributed by atoms with Gasteiger partial charge in [-0.1, -0.05) is 18.2 Å². The number of hydrogen-bond donors (Lipinski definition) is 1. The van der Waals surface area contributed by atoms with E-state index in [-0.39, 0.29) is 6.10 Å². The van der Waals surface area contributed by atoms with Crippen LogP contribution in [-0.4, -0.2) is 43.9 Å². The van der Waals surface area contributed by atoms with E-state index < -0.39 is 0 Å². The van der Waals surface area contributed by atoms with E-state index in [9.17, 15) is 0 Å². The molecule has 0 bridgehead atoms. The Kier molecular flexibility index (Phi) is 5.63. The lowest BCUT2D eigenvalue weighted by molar-refractivity contribution is 0.0531. The highest BCUT2D eigenvalue weighted by Crippen LogP contribution is 2.22. The number of nitrogens with two attached hydrogens (primary N) is 1. The fraction of sp³-hybridized carbons (Fsp3) is 0.600. The lowest BCUT2D eigenvalue weighted by Crippen LogP contribution is -2.32. The maximum absolute atomic E-state index is 5.76. The minimum absolute atomic E-state index is 0.171. The normalized spacial score (nSPS) is 17.4. The van der Waals surface area contributed by atoms with Crippen LogP contribution < -0.4 is 10.5 Å². The summed E-state index contributed by atoms with van der Waals surface area (Å²) in [6.07, 6.45) is 1.15. The van der Waals surface area contributed by atoms with Crippen molar-refractivity contribution in [1.82, 2.24) is 4.90 Å². The fourth-order valence-corrected chi connectivity index (χ4v) is 2.40. The van der Waals surface area contributed by atoms with Gasteiger partial charge in [0, 0.05) is 38.3 Å². The lowest BCUT2D eigenvalue weighted by Gasteiger charge is -2.22. The summed E-state index contributed by atoms with van der Waals surface area (Å²) in [4.78, 5) is 2.41. The molecule has 4 nitrogen and oxygen atoms in total. The molecule has 0 amide bonds. The van der Waals surface area contributed by atoms with Gasteiger partial charge in [0.05, 0.1) is 6.10 Å². The summed E-state index contributed by atoms with van der Waals surface area (Å²) in [5.41, 5.74) is 6.98. The molecule has 0 saturated carbocycles. The molecule has 19 heavy (non-hydrogen) atoms. The van der Waals surface area contributed by atoms with Gasteiger partial charge >= 0.3 is 0 Å². The predicted octanol–water partition coefficient (Wildman–Crippen LogP) is 1.63. The maximum Gasteiger partial charge on any atom is 0.123 e. The molecule has 1 unspecified atom stereocenters. The standard InChI is InChI=1S/C15H24N2O2/c1-2-18-14(11-16)7-8-17-9-10-19-15-6-4-3-5-13(15)12-17/h3-6,14H,2,7-12,16H2,1H3. The van der Waals surface area contributed by atoms with Gasteiger partial charge in [-0.15, -0.1) is 0 Å². The van der Waals surface area contributed by atoms with E-state index in [4.69, 9.17) is 15.2 Å². The Hall–Kier alpha value is -1.10. The molecule has 2 N–H and O–H groups in total. The highest BCUT2D eigenvalue weighted by Gasteiger charge is 2.16. The monoisotopic (exact) mass is 264 g/mol. The van der Waals surface area contributed by atoms with E-state index in [0.717, 1.165) is 45.0 Å². The first-order chi connectivity index (χ1) is 9.33. The molecule has 1 aliphatic rings. The van der Waals surface area contributed by atoms with E-state index >= 15 is 0 Å². The molecule has 1 heterocycles. The van der Waals surface area contributed by atoms with Crippen LogP contribution in [0.4, 0.5) is 0 Å². The summed E-state index contributed by atoms with van der Waals surface area (Å²) in [5, 5.41) is 0. The first kappa shape index (κ1) is 14.3. The lowest BCUT2D eigenvalue weighted by atomic mass is 10.2. The third-order valence-corrected chi connectivity index (χ3v) is 3.46. The van der Waals surface area contributed by atoms with E-state index in [1.165, 1.54) is 5.56 Å². The summed E-state index contributed by atoms with van der Waals surface area (Å²) in [6.45, 7) is 6.98. The topological polar surface area (TPSA) is 47.7 Å². The molecule has 1 atom stereocenters. The third kappa shape index (κ3) is 4.20. The molecule has 1 aromatic rings. The van der Waals surface area contributed by atoms with E-state index in [0.29, 0.717) is 6.54 Å². The summed E-state index contributed by atoms with van der Waals surface area (Å²) in [5.74, 6) is 1.02. The van der Waals surface area contributed by atoms with Gasteiger partial charge in [-0.05, 0) is 19.4 Å². The van der Waals surface area contributed by atoms with Crippen molar-refractivity contribution in [2.75, 3.05) is 32.8 Å². The highest BCUT2D eigenvalue weighted by molar-refractivity contribution is 5.33. The molecule has 4 heteroatoms. The number of ether oxygens (including phenoxy) is 2. The Morgan fingerprint density at radius 3 is 3.05 bits per heavy atom. The van der Waals surface area contributed by atoms with Crippen molar-refractivity contribution in [3.63, 3.8) is 0 Å². The van der Waals surface area contributed by atoms with Crippen molar-refractivity contribution in [2.45, 2.75) is 26.0 Å². The van der Waals surface area contributed by atoms with E-state index in [1.54, 1.807) is 0 Å². The largest absolute Gasteiger partial charge is 0.492 e. The molecule has 0 spiro atoms. The van der Waals surface area contributed by atoms with Crippen LogP contribution in [0.2, 0.25) is 0 Å². The van der Waals surface area contributed by atoms with Gasteiger partial charge in [-0.25, -0.2) is 0 Å². The van der Waals surface area contributed by atoms with Crippen LogP contribution in [0.5, 0.6) is 5.75 Å². The molecule has 106 valence electrons. The van der Waals surface area contributed by atoms with Crippen LogP contribution in [0.15, 0.2) is 24.3 Å². The van der Waals surface area contributed by atoms with Crippen LogP contribution in [0.1, 0.15) is 18.9 Å². The molecule has 0 fully saturated rings. The zero-order valence-corrected chi connectivity index (χ0v) is 11.7. The molecular weight excluding hydrogens is 240 g/mol. The summed E-state index contributed by atoms with van der Waals surface area (Å²) in [7, 11) is 0. The Morgan fingerprint density at radius 1 is 1.42 bits per heavy atom. The smallest absolute Gasteiger partial charge is 0.123 e. The third-order valence-electron chi connectivity index (χ3n) is 3.46. The average molecular weight is 264 g/mol. The number of hydrogen-bond acceptors (Lipinski definition) is 4. The first-order valence-electron chi connectivity index (χ1n) is 7.08. The van der Waals surface area contributed by atoms with Gasteiger partial charge in [-0.3, -0.25) is 4.90 Å². The van der Waals surface area contributed by atoms with Gasteiger partial charge in [0.15, 0.2) is 0 Å². The predicted molar refractivity (Wildman–Crippen MR) is 76.3 cm³/mol. The van der Waals surface area contributed by atoms with Crippen LogP contribution in [0.3, 0.4) is 0 Å². The van der Waals surface area contributed by atoms with Crippen molar-refractivity contribution in [2.24, 2.45) is 5.73 Å². The van der Waals surface area contributed by atoms with Crippen molar-refractivity contribution >= 4 is 0 Å². The van der Waals surface area contributed by atoms with Gasteiger partial charge in [0.1, 0.15) is 12.4 Å². The SMILES string of the molecule is CCOC(CN)CCN1CCOc2ccccc2C1. The summed E-state index contributed by atoms with van der Waals surface area (Å²) in [6, 6.07) is 8.26. The number of para-hydroxylation sites is 1. The second-order valence-corrected chi connectivity index (χ2v) is 4.83. The minimum atomic E-state index is 0.171. The van der Waals surface area contributed by atoms with Crippen molar-refractivity contribution < 1.29 is 9.47 Å². The Morgan fingerprint density at radius 2 is 2.26 bits per heavy atom. The quantitative estimate of drug-likeness (QED) is 0.848. The summed E-state index contributed by atoms with van der Waals surface area (Å²) >= 11 is 0. The molecule has 1 aliphatic heterocycles. The van der Waals surface area contributed by atoms with Crippen LogP contribution in [0, 0.1) is 0 Å². The fourth-order valence-electron chi connectivity index (χ4n) is 2.40. The van der Waals surface area contributed by atoms with Crippen LogP contribution in [0.25, 0.3) is 0 Å². The molecule has 0 aliphatic carbocycles. The first-order valence-corrected chi connectivity index (χ1v) is 7.08. The average Bonchev–Trinajstić information content (AvgIpc) is 2.65.